The van der Waals surface area contributed by atoms with Gasteiger partial charge in [-0.3, -0.25) is 4.79 Å². The van der Waals surface area contributed by atoms with Gasteiger partial charge < -0.3 is 4.90 Å². The van der Waals surface area contributed by atoms with Gasteiger partial charge in [-0.15, -0.1) is 11.3 Å². The predicted octanol–water partition coefficient (Wildman–Crippen LogP) is 4.18. The van der Waals surface area contributed by atoms with E-state index in [1.165, 1.54) is 11.1 Å². The third kappa shape index (κ3) is 3.24. The third-order valence-electron chi connectivity index (χ3n) is 4.07. The molecule has 1 aliphatic heterocycles. The Morgan fingerprint density at radius 1 is 1.33 bits per heavy atom. The van der Waals surface area contributed by atoms with Gasteiger partial charge in [0.05, 0.1) is 16.0 Å². The van der Waals surface area contributed by atoms with Gasteiger partial charge in [0.2, 0.25) is 5.91 Å². The van der Waals surface area contributed by atoms with Crippen LogP contribution in [0, 0.1) is 0 Å². The Morgan fingerprint density at radius 2 is 2.05 bits per heavy atom. The SMILES string of the molecule is CC1CCCC(C)N1C(=O)CSc1nc2ccccc2s1. The fourth-order valence-corrected chi connectivity index (χ4v) is 4.96. The average Bonchev–Trinajstić information content (AvgIpc) is 2.87. The van der Waals surface area contributed by atoms with Crippen LogP contribution in [0.2, 0.25) is 0 Å². The van der Waals surface area contributed by atoms with Gasteiger partial charge in [-0.25, -0.2) is 4.98 Å². The molecule has 1 amide bonds. The average molecular weight is 320 g/mol. The number of benzene rings is 1. The van der Waals surface area contributed by atoms with E-state index in [2.05, 4.69) is 29.8 Å². The van der Waals surface area contributed by atoms with Crippen molar-refractivity contribution in [3.8, 4) is 0 Å². The molecular formula is C16H20N2OS2. The van der Waals surface area contributed by atoms with Crippen LogP contribution in [0.5, 0.6) is 0 Å². The lowest BCUT2D eigenvalue weighted by molar-refractivity contribution is -0.134. The number of aromatic nitrogens is 1. The molecule has 112 valence electrons. The van der Waals surface area contributed by atoms with Gasteiger partial charge in [0.15, 0.2) is 4.34 Å². The summed E-state index contributed by atoms with van der Waals surface area (Å²) in [6, 6.07) is 8.87. The Labute approximate surface area is 133 Å². The molecule has 1 saturated heterocycles. The number of hydrogen-bond donors (Lipinski definition) is 0. The van der Waals surface area contributed by atoms with Crippen LogP contribution in [0.4, 0.5) is 0 Å². The molecule has 0 aliphatic carbocycles. The fraction of sp³-hybridized carbons (Fsp3) is 0.500. The first-order chi connectivity index (χ1) is 10.1. The highest BCUT2D eigenvalue weighted by atomic mass is 32.2. The van der Waals surface area contributed by atoms with E-state index >= 15 is 0 Å². The fourth-order valence-electron chi connectivity index (χ4n) is 3.02. The maximum atomic E-state index is 12.5. The van der Waals surface area contributed by atoms with Gasteiger partial charge in [-0.05, 0) is 45.2 Å². The lowest BCUT2D eigenvalue weighted by atomic mass is 9.98. The highest BCUT2D eigenvalue weighted by molar-refractivity contribution is 8.01. The summed E-state index contributed by atoms with van der Waals surface area (Å²) in [5.74, 6) is 0.744. The molecule has 0 saturated carbocycles. The number of amides is 1. The smallest absolute Gasteiger partial charge is 0.233 e. The number of carbonyl (C=O) groups is 1. The van der Waals surface area contributed by atoms with Gasteiger partial charge in [0.25, 0.3) is 0 Å². The molecule has 5 heteroatoms. The number of likely N-dealkylation sites (tertiary alicyclic amines) is 1. The van der Waals surface area contributed by atoms with Crippen LogP contribution < -0.4 is 0 Å². The largest absolute Gasteiger partial charge is 0.337 e. The third-order valence-corrected chi connectivity index (χ3v) is 6.24. The van der Waals surface area contributed by atoms with Crippen molar-refractivity contribution in [3.05, 3.63) is 24.3 Å². The van der Waals surface area contributed by atoms with E-state index in [1.54, 1.807) is 23.1 Å². The van der Waals surface area contributed by atoms with Crippen LogP contribution in [-0.2, 0) is 4.79 Å². The minimum atomic E-state index is 0.249. The first kappa shape index (κ1) is 14.9. The second-order valence-corrected chi connectivity index (χ2v) is 7.92. The molecule has 2 unspecified atom stereocenters. The molecule has 21 heavy (non-hydrogen) atoms. The number of hydrogen-bond acceptors (Lipinski definition) is 4. The van der Waals surface area contributed by atoms with E-state index < -0.39 is 0 Å². The molecule has 1 aromatic heterocycles. The number of nitrogens with zero attached hydrogens (tertiary/aromatic N) is 2. The number of carbonyl (C=O) groups excluding carboxylic acids is 1. The summed E-state index contributed by atoms with van der Waals surface area (Å²) in [7, 11) is 0. The van der Waals surface area contributed by atoms with Gasteiger partial charge in [-0.2, -0.15) is 0 Å². The van der Waals surface area contributed by atoms with E-state index in [-0.39, 0.29) is 5.91 Å². The van der Waals surface area contributed by atoms with E-state index in [4.69, 9.17) is 0 Å². The lowest BCUT2D eigenvalue weighted by Gasteiger charge is -2.39. The minimum Gasteiger partial charge on any atom is -0.337 e. The minimum absolute atomic E-state index is 0.249. The van der Waals surface area contributed by atoms with Crippen LogP contribution >= 0.6 is 23.1 Å². The van der Waals surface area contributed by atoms with Gasteiger partial charge in [-0.1, -0.05) is 23.9 Å². The molecule has 0 N–H and O–H groups in total. The van der Waals surface area contributed by atoms with Crippen molar-refractivity contribution >= 4 is 39.2 Å². The van der Waals surface area contributed by atoms with Crippen LogP contribution in [0.15, 0.2) is 28.6 Å². The van der Waals surface area contributed by atoms with Crippen molar-refractivity contribution in [2.24, 2.45) is 0 Å². The first-order valence-electron chi connectivity index (χ1n) is 7.44. The van der Waals surface area contributed by atoms with Crippen LogP contribution in [-0.4, -0.2) is 33.6 Å². The van der Waals surface area contributed by atoms with Crippen molar-refractivity contribution in [2.45, 2.75) is 49.5 Å². The van der Waals surface area contributed by atoms with E-state index in [1.807, 2.05) is 18.2 Å². The molecule has 0 spiro atoms. The first-order valence-corrected chi connectivity index (χ1v) is 9.25. The highest BCUT2D eigenvalue weighted by Crippen LogP contribution is 2.30. The molecule has 3 nitrogen and oxygen atoms in total. The molecule has 2 aromatic rings. The zero-order chi connectivity index (χ0) is 14.8. The Morgan fingerprint density at radius 3 is 2.76 bits per heavy atom. The second kappa shape index (κ2) is 6.36. The molecule has 3 rings (SSSR count). The molecule has 1 fully saturated rings. The van der Waals surface area contributed by atoms with E-state index in [0.29, 0.717) is 17.8 Å². The summed E-state index contributed by atoms with van der Waals surface area (Å²) in [6.45, 7) is 4.33. The van der Waals surface area contributed by atoms with Gasteiger partial charge >= 0.3 is 0 Å². The zero-order valence-electron chi connectivity index (χ0n) is 12.4. The summed E-state index contributed by atoms with van der Waals surface area (Å²) in [5, 5.41) is 0. The molecule has 0 bridgehead atoms. The number of rotatable bonds is 3. The number of piperidine rings is 1. The monoisotopic (exact) mass is 320 g/mol. The van der Waals surface area contributed by atoms with Crippen LogP contribution in [0.3, 0.4) is 0 Å². The zero-order valence-corrected chi connectivity index (χ0v) is 14.0. The molecule has 2 heterocycles. The van der Waals surface area contributed by atoms with Gasteiger partial charge in [0, 0.05) is 12.1 Å². The van der Waals surface area contributed by atoms with Crippen LogP contribution in [0.1, 0.15) is 33.1 Å². The summed E-state index contributed by atoms with van der Waals surface area (Å²) < 4.78 is 2.18. The standard InChI is InChI=1S/C16H20N2OS2/c1-11-6-5-7-12(2)18(11)15(19)10-20-16-17-13-8-3-4-9-14(13)21-16/h3-4,8-9,11-12H,5-7,10H2,1-2H3. The predicted molar refractivity (Wildman–Crippen MR) is 90.0 cm³/mol. The Bertz CT molecular complexity index is 597. The maximum Gasteiger partial charge on any atom is 0.233 e. The van der Waals surface area contributed by atoms with E-state index in [0.717, 1.165) is 22.7 Å². The number of thiazole rings is 1. The quantitative estimate of drug-likeness (QED) is 0.796. The van der Waals surface area contributed by atoms with Crippen LogP contribution in [0.25, 0.3) is 10.2 Å². The summed E-state index contributed by atoms with van der Waals surface area (Å²) >= 11 is 3.24. The van der Waals surface area contributed by atoms with Crippen molar-refractivity contribution in [3.63, 3.8) is 0 Å². The normalized spacial score (nSPS) is 22.7. The Kier molecular flexibility index (Phi) is 4.50. The topological polar surface area (TPSA) is 33.2 Å². The molecule has 0 radical (unpaired) electrons. The van der Waals surface area contributed by atoms with Gasteiger partial charge in [0.1, 0.15) is 0 Å². The summed E-state index contributed by atoms with van der Waals surface area (Å²) in [6.07, 6.45) is 3.49. The summed E-state index contributed by atoms with van der Waals surface area (Å²) in [4.78, 5) is 19.1. The summed E-state index contributed by atoms with van der Waals surface area (Å²) in [5.41, 5.74) is 1.03. The van der Waals surface area contributed by atoms with Crippen molar-refractivity contribution in [2.75, 3.05) is 5.75 Å². The molecule has 1 aromatic carbocycles. The van der Waals surface area contributed by atoms with Crippen molar-refractivity contribution in [1.82, 2.24) is 9.88 Å². The number of fused-ring (bicyclic) bond motifs is 1. The number of thioether (sulfide) groups is 1. The Hall–Kier alpha value is -1.07. The highest BCUT2D eigenvalue weighted by Gasteiger charge is 2.28. The van der Waals surface area contributed by atoms with E-state index in [9.17, 15) is 4.79 Å². The second-order valence-electron chi connectivity index (χ2n) is 5.67. The van der Waals surface area contributed by atoms with Crippen molar-refractivity contribution in [1.29, 1.82) is 0 Å². The number of para-hydroxylation sites is 1. The lowest BCUT2D eigenvalue weighted by Crippen LogP contribution is -2.48. The Balaban J connectivity index is 1.65. The molecule has 2 atom stereocenters. The molecular weight excluding hydrogens is 300 g/mol. The van der Waals surface area contributed by atoms with Crippen molar-refractivity contribution < 1.29 is 4.79 Å². The molecule has 1 aliphatic rings. The maximum absolute atomic E-state index is 12.5.